The van der Waals surface area contributed by atoms with Gasteiger partial charge >= 0.3 is 0 Å². The number of methoxy groups -OCH3 is 1. The number of amidine groups is 1. The number of hydrogen-bond acceptors (Lipinski definition) is 6. The van der Waals surface area contributed by atoms with Crippen molar-refractivity contribution in [2.75, 3.05) is 38.8 Å². The zero-order valence-electron chi connectivity index (χ0n) is 19.4. The third kappa shape index (κ3) is 3.72. The molecule has 0 unspecified atom stereocenters. The van der Waals surface area contributed by atoms with Gasteiger partial charge in [0.25, 0.3) is 5.91 Å². The van der Waals surface area contributed by atoms with Gasteiger partial charge in [-0.1, -0.05) is 6.92 Å². The number of nitrogens with zero attached hydrogens (tertiary/aromatic N) is 3. The van der Waals surface area contributed by atoms with Gasteiger partial charge in [-0.3, -0.25) is 4.79 Å². The Morgan fingerprint density at radius 1 is 1.21 bits per heavy atom. The number of ether oxygens (including phenoxy) is 2. The SMILES string of the molecule is COc1ccc(F)c(-c2cc3c(cc2[C@@H]2CCN(C)C[C@@H]2C)N2C(=NNC(=O)[C@H]2C)CO3)c1. The van der Waals surface area contributed by atoms with Crippen LogP contribution in [-0.2, 0) is 4.79 Å². The number of anilines is 1. The number of benzene rings is 2. The fourth-order valence-corrected chi connectivity index (χ4v) is 5.28. The Labute approximate surface area is 193 Å². The molecule has 174 valence electrons. The van der Waals surface area contributed by atoms with Gasteiger partial charge in [-0.15, -0.1) is 0 Å². The van der Waals surface area contributed by atoms with E-state index in [-0.39, 0.29) is 24.2 Å². The van der Waals surface area contributed by atoms with Crippen molar-refractivity contribution in [1.82, 2.24) is 10.3 Å². The molecule has 1 N–H and O–H groups in total. The molecule has 3 aliphatic heterocycles. The lowest BCUT2D eigenvalue weighted by molar-refractivity contribution is -0.122. The summed E-state index contributed by atoms with van der Waals surface area (Å²) in [6, 6.07) is 8.40. The van der Waals surface area contributed by atoms with Crippen LogP contribution in [0.2, 0.25) is 0 Å². The Hall–Kier alpha value is -3.13. The number of piperidine rings is 1. The van der Waals surface area contributed by atoms with Crippen LogP contribution in [0.5, 0.6) is 11.5 Å². The summed E-state index contributed by atoms with van der Waals surface area (Å²) in [5.41, 5.74) is 5.73. The molecule has 1 amide bonds. The number of hydrazone groups is 1. The smallest absolute Gasteiger partial charge is 0.262 e. The van der Waals surface area contributed by atoms with Gasteiger partial charge in [-0.2, -0.15) is 5.10 Å². The number of likely N-dealkylation sites (tertiary alicyclic amines) is 1. The average molecular weight is 453 g/mol. The molecule has 2 aromatic carbocycles. The molecular formula is C25H29FN4O3. The van der Waals surface area contributed by atoms with Crippen LogP contribution in [0.25, 0.3) is 11.1 Å². The molecule has 0 aliphatic carbocycles. The van der Waals surface area contributed by atoms with E-state index in [1.165, 1.54) is 6.07 Å². The van der Waals surface area contributed by atoms with E-state index in [1.807, 2.05) is 17.9 Å². The highest BCUT2D eigenvalue weighted by Gasteiger charge is 2.37. The number of nitrogens with one attached hydrogen (secondary N) is 1. The maximum absolute atomic E-state index is 15.1. The molecule has 3 aliphatic rings. The average Bonchev–Trinajstić information content (AvgIpc) is 2.81. The van der Waals surface area contributed by atoms with Crippen molar-refractivity contribution in [2.45, 2.75) is 32.2 Å². The molecule has 33 heavy (non-hydrogen) atoms. The topological polar surface area (TPSA) is 66.4 Å². The van der Waals surface area contributed by atoms with Crippen LogP contribution in [0.1, 0.15) is 31.7 Å². The van der Waals surface area contributed by atoms with Crippen molar-refractivity contribution in [3.8, 4) is 22.6 Å². The van der Waals surface area contributed by atoms with E-state index in [0.29, 0.717) is 28.8 Å². The van der Waals surface area contributed by atoms with Gasteiger partial charge in [0.1, 0.15) is 30.0 Å². The molecular weight excluding hydrogens is 423 g/mol. The molecule has 2 aromatic rings. The van der Waals surface area contributed by atoms with E-state index in [4.69, 9.17) is 9.47 Å². The predicted octanol–water partition coefficient (Wildman–Crippen LogP) is 3.59. The standard InChI is InChI=1S/C25H29FN4O3/c1-14-12-29(3)8-7-17(14)18-10-22-23(33-13-24-27-28-25(31)15(2)30(22)24)11-19(18)20-9-16(32-4)5-6-21(20)26/h5-6,9-11,14-15,17H,7-8,12-13H2,1-4H3,(H,28,31)/t14-,15+,17+/m0/s1. The van der Waals surface area contributed by atoms with E-state index in [1.54, 1.807) is 19.2 Å². The Bertz CT molecular complexity index is 1130. The zero-order valence-corrected chi connectivity index (χ0v) is 19.4. The van der Waals surface area contributed by atoms with Crippen LogP contribution in [0, 0.1) is 11.7 Å². The van der Waals surface area contributed by atoms with Crippen LogP contribution in [0.4, 0.5) is 10.1 Å². The first-order valence-electron chi connectivity index (χ1n) is 11.4. The van der Waals surface area contributed by atoms with E-state index in [2.05, 4.69) is 35.5 Å². The monoisotopic (exact) mass is 452 g/mol. The van der Waals surface area contributed by atoms with Gasteiger partial charge in [0.05, 0.1) is 12.8 Å². The van der Waals surface area contributed by atoms with Crippen molar-refractivity contribution < 1.29 is 18.7 Å². The largest absolute Gasteiger partial charge is 0.497 e. The lowest BCUT2D eigenvalue weighted by Crippen LogP contribution is -2.55. The van der Waals surface area contributed by atoms with Crippen molar-refractivity contribution >= 4 is 17.4 Å². The minimum atomic E-state index is -0.415. The second-order valence-corrected chi connectivity index (χ2v) is 9.23. The summed E-state index contributed by atoms with van der Waals surface area (Å²) in [6.45, 7) is 6.27. The number of amides is 1. The number of carbonyl (C=O) groups is 1. The molecule has 7 nitrogen and oxygen atoms in total. The predicted molar refractivity (Wildman–Crippen MR) is 125 cm³/mol. The van der Waals surface area contributed by atoms with Gasteiger partial charge in [0.15, 0.2) is 5.84 Å². The van der Waals surface area contributed by atoms with Crippen LogP contribution < -0.4 is 19.8 Å². The summed E-state index contributed by atoms with van der Waals surface area (Å²) in [7, 11) is 3.71. The van der Waals surface area contributed by atoms with Crippen LogP contribution in [-0.4, -0.2) is 56.5 Å². The van der Waals surface area contributed by atoms with Crippen molar-refractivity contribution in [2.24, 2.45) is 11.0 Å². The number of hydrogen-bond donors (Lipinski definition) is 1. The fraction of sp³-hybridized carbons (Fsp3) is 0.440. The molecule has 3 atom stereocenters. The van der Waals surface area contributed by atoms with Gasteiger partial charge in [0.2, 0.25) is 0 Å². The fourth-order valence-electron chi connectivity index (χ4n) is 5.28. The van der Waals surface area contributed by atoms with E-state index < -0.39 is 6.04 Å². The van der Waals surface area contributed by atoms with Crippen molar-refractivity contribution in [1.29, 1.82) is 0 Å². The first-order chi connectivity index (χ1) is 15.9. The Balaban J connectivity index is 1.71. The molecule has 0 bridgehead atoms. The van der Waals surface area contributed by atoms with Crippen molar-refractivity contribution in [3.05, 3.63) is 41.7 Å². The highest BCUT2D eigenvalue weighted by atomic mass is 19.1. The number of fused-ring (bicyclic) bond motifs is 3. The maximum atomic E-state index is 15.1. The van der Waals surface area contributed by atoms with Gasteiger partial charge < -0.3 is 19.3 Å². The second-order valence-electron chi connectivity index (χ2n) is 9.23. The molecule has 1 saturated heterocycles. The molecule has 0 saturated carbocycles. The molecule has 0 aromatic heterocycles. The summed E-state index contributed by atoms with van der Waals surface area (Å²) in [4.78, 5) is 16.6. The van der Waals surface area contributed by atoms with Crippen molar-refractivity contribution in [3.63, 3.8) is 0 Å². The maximum Gasteiger partial charge on any atom is 0.262 e. The molecule has 3 heterocycles. The highest BCUT2D eigenvalue weighted by Crippen LogP contribution is 2.46. The van der Waals surface area contributed by atoms with E-state index in [0.717, 1.165) is 36.3 Å². The molecule has 5 rings (SSSR count). The quantitative estimate of drug-likeness (QED) is 0.771. The van der Waals surface area contributed by atoms with Gasteiger partial charge in [-0.25, -0.2) is 9.82 Å². The highest BCUT2D eigenvalue weighted by molar-refractivity contribution is 6.09. The summed E-state index contributed by atoms with van der Waals surface area (Å²) >= 11 is 0. The lowest BCUT2D eigenvalue weighted by atomic mass is 9.78. The minimum absolute atomic E-state index is 0.163. The van der Waals surface area contributed by atoms with Crippen LogP contribution in [0.3, 0.4) is 0 Å². The second kappa shape index (κ2) is 8.33. The van der Waals surface area contributed by atoms with Crippen LogP contribution >= 0.6 is 0 Å². The molecule has 0 radical (unpaired) electrons. The number of rotatable bonds is 3. The lowest BCUT2D eigenvalue weighted by Gasteiger charge is -2.40. The molecule has 1 fully saturated rings. The third-order valence-electron chi connectivity index (χ3n) is 7.06. The Kier molecular flexibility index (Phi) is 5.48. The number of carbonyl (C=O) groups excluding carboxylic acids is 1. The third-order valence-corrected chi connectivity index (χ3v) is 7.06. The zero-order chi connectivity index (χ0) is 23.3. The molecule has 8 heteroatoms. The first-order valence-corrected chi connectivity index (χ1v) is 11.4. The summed E-state index contributed by atoms with van der Waals surface area (Å²) in [5.74, 6) is 2.04. The number of halogens is 1. The van der Waals surface area contributed by atoms with Crippen LogP contribution in [0.15, 0.2) is 35.4 Å². The first kappa shape index (κ1) is 21.7. The Morgan fingerprint density at radius 3 is 2.79 bits per heavy atom. The summed E-state index contributed by atoms with van der Waals surface area (Å²) in [5, 5.41) is 4.20. The molecule has 0 spiro atoms. The van der Waals surface area contributed by atoms with Gasteiger partial charge in [0, 0.05) is 12.1 Å². The Morgan fingerprint density at radius 2 is 2.03 bits per heavy atom. The normalized spacial score (nSPS) is 24.9. The minimum Gasteiger partial charge on any atom is -0.497 e. The van der Waals surface area contributed by atoms with E-state index >= 15 is 4.39 Å². The van der Waals surface area contributed by atoms with E-state index in [9.17, 15) is 4.79 Å². The van der Waals surface area contributed by atoms with Gasteiger partial charge in [-0.05, 0) is 80.2 Å². The summed E-state index contributed by atoms with van der Waals surface area (Å²) in [6.07, 6.45) is 0.965. The summed E-state index contributed by atoms with van der Waals surface area (Å²) < 4.78 is 26.5.